The molecule has 0 bridgehead atoms. The number of nitrogens with zero attached hydrogens (tertiary/aromatic N) is 1. The van der Waals surface area contributed by atoms with Crippen LogP contribution < -0.4 is 5.32 Å². The smallest absolute Gasteiger partial charge is 0.0107 e. The van der Waals surface area contributed by atoms with Crippen molar-refractivity contribution in [1.29, 1.82) is 0 Å². The Hall–Kier alpha value is -0.0800. The minimum atomic E-state index is 0.800. The van der Waals surface area contributed by atoms with E-state index in [1.54, 1.807) is 0 Å². The summed E-state index contributed by atoms with van der Waals surface area (Å²) in [7, 11) is 0. The molecule has 2 rings (SSSR count). The van der Waals surface area contributed by atoms with Crippen LogP contribution in [-0.2, 0) is 0 Å². The van der Waals surface area contributed by atoms with Crippen molar-refractivity contribution in [2.75, 3.05) is 19.6 Å². The van der Waals surface area contributed by atoms with Crippen LogP contribution in [0, 0.1) is 11.8 Å². The summed E-state index contributed by atoms with van der Waals surface area (Å²) in [6.07, 6.45) is 8.38. The topological polar surface area (TPSA) is 15.3 Å². The van der Waals surface area contributed by atoms with E-state index in [9.17, 15) is 0 Å². The molecule has 0 radical (unpaired) electrons. The van der Waals surface area contributed by atoms with Gasteiger partial charge in [-0.2, -0.15) is 0 Å². The molecule has 0 aromatic rings. The predicted molar refractivity (Wildman–Crippen MR) is 78.9 cm³/mol. The zero-order chi connectivity index (χ0) is 13.0. The van der Waals surface area contributed by atoms with Gasteiger partial charge in [0.05, 0.1) is 0 Å². The first-order chi connectivity index (χ1) is 8.70. The number of rotatable bonds is 5. The summed E-state index contributed by atoms with van der Waals surface area (Å²) in [6, 6.07) is 1.61. The Morgan fingerprint density at radius 1 is 1.11 bits per heavy atom. The van der Waals surface area contributed by atoms with Gasteiger partial charge in [0.15, 0.2) is 0 Å². The maximum Gasteiger partial charge on any atom is 0.0107 e. The molecular formula is C16H32N2. The van der Waals surface area contributed by atoms with E-state index in [0.717, 1.165) is 23.9 Å². The standard InChI is InChI=1S/C16H32N2/c1-4-10-17-16-7-5-6-15(16)12-18-11-13(2)8-9-14(18)3/h13-17H,4-12H2,1-3H3. The van der Waals surface area contributed by atoms with Gasteiger partial charge in [-0.3, -0.25) is 0 Å². The van der Waals surface area contributed by atoms with Crippen LogP contribution in [0.4, 0.5) is 0 Å². The molecule has 2 fully saturated rings. The van der Waals surface area contributed by atoms with Crippen molar-refractivity contribution in [3.63, 3.8) is 0 Å². The normalized spacial score (nSPS) is 38.2. The van der Waals surface area contributed by atoms with Crippen LogP contribution in [0.25, 0.3) is 0 Å². The summed E-state index contributed by atoms with van der Waals surface area (Å²) >= 11 is 0. The van der Waals surface area contributed by atoms with Crippen LogP contribution in [0.3, 0.4) is 0 Å². The minimum absolute atomic E-state index is 0.800. The lowest BCUT2D eigenvalue weighted by Gasteiger charge is -2.39. The van der Waals surface area contributed by atoms with Gasteiger partial charge in [0.25, 0.3) is 0 Å². The first kappa shape index (κ1) is 14.3. The van der Waals surface area contributed by atoms with E-state index in [-0.39, 0.29) is 0 Å². The summed E-state index contributed by atoms with van der Waals surface area (Å²) in [4.78, 5) is 2.77. The molecule has 1 N–H and O–H groups in total. The molecule has 1 aliphatic heterocycles. The number of nitrogens with one attached hydrogen (secondary N) is 1. The van der Waals surface area contributed by atoms with Crippen molar-refractivity contribution in [2.45, 2.75) is 71.4 Å². The molecule has 1 aliphatic carbocycles. The molecule has 1 saturated carbocycles. The summed E-state index contributed by atoms with van der Waals surface area (Å²) in [5, 5.41) is 3.77. The largest absolute Gasteiger partial charge is 0.314 e. The van der Waals surface area contributed by atoms with Crippen LogP contribution in [0.2, 0.25) is 0 Å². The molecule has 1 saturated heterocycles. The van der Waals surface area contributed by atoms with Crippen molar-refractivity contribution < 1.29 is 0 Å². The van der Waals surface area contributed by atoms with Gasteiger partial charge in [0, 0.05) is 25.2 Å². The first-order valence-electron chi connectivity index (χ1n) is 8.18. The molecule has 0 aromatic heterocycles. The van der Waals surface area contributed by atoms with Gasteiger partial charge in [-0.15, -0.1) is 0 Å². The number of hydrogen-bond donors (Lipinski definition) is 1. The molecule has 4 unspecified atom stereocenters. The molecular weight excluding hydrogens is 220 g/mol. The molecule has 1 heterocycles. The molecule has 0 aromatic carbocycles. The van der Waals surface area contributed by atoms with Gasteiger partial charge in [-0.25, -0.2) is 0 Å². The molecule has 2 heteroatoms. The average molecular weight is 252 g/mol. The third-order valence-corrected chi connectivity index (χ3v) is 5.03. The fourth-order valence-corrected chi connectivity index (χ4v) is 3.79. The van der Waals surface area contributed by atoms with E-state index in [0.29, 0.717) is 0 Å². The van der Waals surface area contributed by atoms with E-state index < -0.39 is 0 Å². The molecule has 106 valence electrons. The molecule has 2 aliphatic rings. The quantitative estimate of drug-likeness (QED) is 0.808. The van der Waals surface area contributed by atoms with Crippen LogP contribution in [0.5, 0.6) is 0 Å². The van der Waals surface area contributed by atoms with Crippen molar-refractivity contribution in [3.05, 3.63) is 0 Å². The highest BCUT2D eigenvalue weighted by molar-refractivity contribution is 4.87. The number of likely N-dealkylation sites (tertiary alicyclic amines) is 1. The van der Waals surface area contributed by atoms with Gasteiger partial charge in [-0.05, 0) is 57.4 Å². The highest BCUT2D eigenvalue weighted by Crippen LogP contribution is 2.29. The lowest BCUT2D eigenvalue weighted by molar-refractivity contribution is 0.0998. The van der Waals surface area contributed by atoms with Crippen molar-refractivity contribution in [2.24, 2.45) is 11.8 Å². The maximum absolute atomic E-state index is 3.77. The average Bonchev–Trinajstić information content (AvgIpc) is 2.79. The van der Waals surface area contributed by atoms with Crippen LogP contribution in [0.1, 0.15) is 59.3 Å². The first-order valence-corrected chi connectivity index (χ1v) is 8.18. The highest BCUT2D eigenvalue weighted by atomic mass is 15.2. The highest BCUT2D eigenvalue weighted by Gasteiger charge is 2.31. The summed E-state index contributed by atoms with van der Waals surface area (Å²) < 4.78 is 0. The van der Waals surface area contributed by atoms with Gasteiger partial charge in [0.2, 0.25) is 0 Å². The second kappa shape index (κ2) is 6.91. The van der Waals surface area contributed by atoms with E-state index in [4.69, 9.17) is 0 Å². The van der Waals surface area contributed by atoms with Crippen molar-refractivity contribution >= 4 is 0 Å². The predicted octanol–water partition coefficient (Wildman–Crippen LogP) is 3.28. The second-order valence-corrected chi connectivity index (χ2v) is 6.74. The summed E-state index contributed by atoms with van der Waals surface area (Å²) in [5.41, 5.74) is 0. The number of hydrogen-bond acceptors (Lipinski definition) is 2. The monoisotopic (exact) mass is 252 g/mol. The van der Waals surface area contributed by atoms with Crippen molar-refractivity contribution in [3.8, 4) is 0 Å². The van der Waals surface area contributed by atoms with Crippen LogP contribution in [0.15, 0.2) is 0 Å². The van der Waals surface area contributed by atoms with Gasteiger partial charge in [-0.1, -0.05) is 20.3 Å². The van der Waals surface area contributed by atoms with Crippen molar-refractivity contribution in [1.82, 2.24) is 10.2 Å². The lowest BCUT2D eigenvalue weighted by atomic mass is 9.93. The second-order valence-electron chi connectivity index (χ2n) is 6.74. The molecule has 18 heavy (non-hydrogen) atoms. The van der Waals surface area contributed by atoms with Crippen LogP contribution >= 0.6 is 0 Å². The zero-order valence-electron chi connectivity index (χ0n) is 12.6. The van der Waals surface area contributed by atoms with E-state index >= 15 is 0 Å². The Labute approximate surface area is 114 Å². The van der Waals surface area contributed by atoms with E-state index in [1.165, 1.54) is 58.2 Å². The fourth-order valence-electron chi connectivity index (χ4n) is 3.79. The summed E-state index contributed by atoms with van der Waals surface area (Å²) in [6.45, 7) is 11.0. The Morgan fingerprint density at radius 2 is 1.94 bits per heavy atom. The summed E-state index contributed by atoms with van der Waals surface area (Å²) in [5.74, 6) is 1.81. The van der Waals surface area contributed by atoms with Gasteiger partial charge in [0.1, 0.15) is 0 Å². The molecule has 2 nitrogen and oxygen atoms in total. The third kappa shape index (κ3) is 3.71. The van der Waals surface area contributed by atoms with Gasteiger partial charge >= 0.3 is 0 Å². The Kier molecular flexibility index (Phi) is 5.50. The molecule has 4 atom stereocenters. The fraction of sp³-hybridized carbons (Fsp3) is 1.00. The number of piperidine rings is 1. The Bertz CT molecular complexity index is 241. The SMILES string of the molecule is CCCNC1CCCC1CN1CC(C)CCC1C. The Balaban J connectivity index is 1.83. The Morgan fingerprint density at radius 3 is 2.72 bits per heavy atom. The third-order valence-electron chi connectivity index (χ3n) is 5.03. The zero-order valence-corrected chi connectivity index (χ0v) is 12.6. The van der Waals surface area contributed by atoms with Crippen LogP contribution in [-0.4, -0.2) is 36.6 Å². The van der Waals surface area contributed by atoms with E-state index in [1.807, 2.05) is 0 Å². The maximum atomic E-state index is 3.77. The van der Waals surface area contributed by atoms with Gasteiger partial charge < -0.3 is 10.2 Å². The minimum Gasteiger partial charge on any atom is -0.314 e. The molecule has 0 spiro atoms. The lowest BCUT2D eigenvalue weighted by Crippen LogP contribution is -2.46. The molecule has 0 amide bonds. The van der Waals surface area contributed by atoms with E-state index in [2.05, 4.69) is 31.0 Å².